The molecule has 1 fully saturated rings. The molecule has 1 heterocycles. The van der Waals surface area contributed by atoms with Crippen molar-refractivity contribution in [2.24, 2.45) is 0 Å². The van der Waals surface area contributed by atoms with Gasteiger partial charge in [-0.15, -0.1) is 0 Å². The first-order valence-electron chi connectivity index (χ1n) is 8.77. The summed E-state index contributed by atoms with van der Waals surface area (Å²) in [7, 11) is 0. The summed E-state index contributed by atoms with van der Waals surface area (Å²) in [4.78, 5) is 3.28. The lowest BCUT2D eigenvalue weighted by Gasteiger charge is -2.19. The molecule has 0 unspecified atom stereocenters. The lowest BCUT2D eigenvalue weighted by atomic mass is 10.0. The monoisotopic (exact) mass is 403 g/mol. The SMILES string of the molecule is C=C1CN(CCc2ccccc2)/C(=C/C(=C(C#N)C#N)c2ccc(Cl)cc2)S1. The highest BCUT2D eigenvalue weighted by molar-refractivity contribution is 8.07. The van der Waals surface area contributed by atoms with E-state index >= 15 is 0 Å². The molecule has 5 heteroatoms. The molecule has 1 saturated heterocycles. The van der Waals surface area contributed by atoms with Crippen LogP contribution in [-0.2, 0) is 6.42 Å². The Balaban J connectivity index is 1.92. The molecule has 2 aromatic carbocycles. The molecule has 0 N–H and O–H groups in total. The average molecular weight is 404 g/mol. The summed E-state index contributed by atoms with van der Waals surface area (Å²) in [5.74, 6) is 0. The van der Waals surface area contributed by atoms with E-state index in [1.54, 1.807) is 23.9 Å². The van der Waals surface area contributed by atoms with Crippen LogP contribution in [0.15, 0.2) is 82.8 Å². The Labute approximate surface area is 174 Å². The van der Waals surface area contributed by atoms with E-state index in [2.05, 4.69) is 23.6 Å². The average Bonchev–Trinajstić information content (AvgIpc) is 3.07. The van der Waals surface area contributed by atoms with Gasteiger partial charge in [-0.25, -0.2) is 0 Å². The Kier molecular flexibility index (Phi) is 6.61. The molecule has 0 aromatic heterocycles. The predicted octanol–water partition coefficient (Wildman–Crippen LogP) is 5.79. The molecule has 3 rings (SSSR count). The van der Waals surface area contributed by atoms with Crippen molar-refractivity contribution in [3.05, 3.63) is 98.9 Å². The summed E-state index contributed by atoms with van der Waals surface area (Å²) in [6.45, 7) is 5.70. The molecular formula is C23H18ClN3S. The number of halogens is 1. The van der Waals surface area contributed by atoms with Crippen molar-refractivity contribution in [1.82, 2.24) is 4.90 Å². The van der Waals surface area contributed by atoms with Gasteiger partial charge in [0.2, 0.25) is 0 Å². The summed E-state index contributed by atoms with van der Waals surface area (Å²) >= 11 is 7.58. The van der Waals surface area contributed by atoms with Crippen molar-refractivity contribution in [3.8, 4) is 12.1 Å². The van der Waals surface area contributed by atoms with E-state index in [1.807, 2.05) is 48.5 Å². The molecular weight excluding hydrogens is 386 g/mol. The second kappa shape index (κ2) is 9.33. The van der Waals surface area contributed by atoms with Crippen LogP contribution in [0.3, 0.4) is 0 Å². The molecule has 1 aliphatic heterocycles. The van der Waals surface area contributed by atoms with Crippen LogP contribution in [0.1, 0.15) is 11.1 Å². The molecule has 0 spiro atoms. The second-order valence-corrected chi connectivity index (χ2v) is 7.94. The number of allylic oxidation sites excluding steroid dienone is 3. The van der Waals surface area contributed by atoms with Gasteiger partial charge in [0, 0.05) is 28.6 Å². The maximum Gasteiger partial charge on any atom is 0.137 e. The third-order valence-electron chi connectivity index (χ3n) is 4.36. The smallest absolute Gasteiger partial charge is 0.137 e. The second-order valence-electron chi connectivity index (χ2n) is 6.30. The highest BCUT2D eigenvalue weighted by Gasteiger charge is 2.22. The Bertz CT molecular complexity index is 993. The maximum absolute atomic E-state index is 9.43. The Morgan fingerprint density at radius 2 is 1.79 bits per heavy atom. The minimum Gasteiger partial charge on any atom is -0.361 e. The van der Waals surface area contributed by atoms with Gasteiger partial charge in [0.25, 0.3) is 0 Å². The van der Waals surface area contributed by atoms with Crippen LogP contribution in [0.2, 0.25) is 5.02 Å². The molecule has 0 aliphatic carbocycles. The summed E-state index contributed by atoms with van der Waals surface area (Å²) < 4.78 is 0. The van der Waals surface area contributed by atoms with Crippen LogP contribution >= 0.6 is 23.4 Å². The van der Waals surface area contributed by atoms with Gasteiger partial charge in [-0.2, -0.15) is 10.5 Å². The van der Waals surface area contributed by atoms with Crippen molar-refractivity contribution in [2.45, 2.75) is 6.42 Å². The Hall–Kier alpha value is -2.92. The van der Waals surface area contributed by atoms with Gasteiger partial charge < -0.3 is 4.90 Å². The highest BCUT2D eigenvalue weighted by atomic mass is 35.5. The third-order valence-corrected chi connectivity index (χ3v) is 5.61. The highest BCUT2D eigenvalue weighted by Crippen LogP contribution is 2.38. The van der Waals surface area contributed by atoms with Gasteiger partial charge in [-0.1, -0.05) is 72.4 Å². The van der Waals surface area contributed by atoms with E-state index in [4.69, 9.17) is 11.6 Å². The van der Waals surface area contributed by atoms with Crippen LogP contribution in [0.4, 0.5) is 0 Å². The van der Waals surface area contributed by atoms with Crippen LogP contribution in [0.5, 0.6) is 0 Å². The van der Waals surface area contributed by atoms with Crippen molar-refractivity contribution in [1.29, 1.82) is 10.5 Å². The first-order chi connectivity index (χ1) is 13.6. The molecule has 28 heavy (non-hydrogen) atoms. The largest absolute Gasteiger partial charge is 0.361 e. The fraction of sp³-hybridized carbons (Fsp3) is 0.130. The normalized spacial score (nSPS) is 14.6. The number of rotatable bonds is 5. The van der Waals surface area contributed by atoms with Gasteiger partial charge in [0.05, 0.1) is 5.03 Å². The van der Waals surface area contributed by atoms with Gasteiger partial charge in [-0.3, -0.25) is 0 Å². The van der Waals surface area contributed by atoms with E-state index < -0.39 is 0 Å². The van der Waals surface area contributed by atoms with E-state index in [-0.39, 0.29) is 5.57 Å². The number of hydrogen-bond donors (Lipinski definition) is 0. The first-order valence-corrected chi connectivity index (χ1v) is 9.97. The van der Waals surface area contributed by atoms with Crippen molar-refractivity contribution in [3.63, 3.8) is 0 Å². The molecule has 138 valence electrons. The van der Waals surface area contributed by atoms with Crippen LogP contribution in [0.25, 0.3) is 5.57 Å². The Morgan fingerprint density at radius 3 is 2.43 bits per heavy atom. The predicted molar refractivity (Wildman–Crippen MR) is 116 cm³/mol. The zero-order valence-electron chi connectivity index (χ0n) is 15.2. The zero-order chi connectivity index (χ0) is 19.9. The lowest BCUT2D eigenvalue weighted by Crippen LogP contribution is -2.21. The van der Waals surface area contributed by atoms with E-state index in [1.165, 1.54) is 5.56 Å². The number of nitriles is 2. The van der Waals surface area contributed by atoms with E-state index in [0.717, 1.165) is 35.0 Å². The van der Waals surface area contributed by atoms with Crippen molar-refractivity contribution >= 4 is 28.9 Å². The fourth-order valence-electron chi connectivity index (χ4n) is 2.95. The molecule has 0 saturated carbocycles. The van der Waals surface area contributed by atoms with E-state index in [9.17, 15) is 10.5 Å². The van der Waals surface area contributed by atoms with Gasteiger partial charge in [-0.05, 0) is 35.8 Å². The summed E-state index contributed by atoms with van der Waals surface area (Å²) in [6.07, 6.45) is 2.83. The topological polar surface area (TPSA) is 50.8 Å². The molecule has 1 aliphatic rings. The molecule has 0 radical (unpaired) electrons. The van der Waals surface area contributed by atoms with Gasteiger partial charge in [0.15, 0.2) is 0 Å². The van der Waals surface area contributed by atoms with E-state index in [0.29, 0.717) is 10.6 Å². The van der Waals surface area contributed by atoms with Gasteiger partial charge in [0.1, 0.15) is 17.7 Å². The third kappa shape index (κ3) is 4.87. The summed E-state index contributed by atoms with van der Waals surface area (Å²) in [6, 6.07) is 21.5. The van der Waals surface area contributed by atoms with Gasteiger partial charge >= 0.3 is 0 Å². The van der Waals surface area contributed by atoms with Crippen LogP contribution in [0, 0.1) is 22.7 Å². The zero-order valence-corrected chi connectivity index (χ0v) is 16.8. The quantitative estimate of drug-likeness (QED) is 0.593. The number of benzene rings is 2. The van der Waals surface area contributed by atoms with Crippen molar-refractivity contribution < 1.29 is 0 Å². The number of hydrogen-bond acceptors (Lipinski definition) is 4. The minimum atomic E-state index is 0.0796. The standard InChI is InChI=1S/C23H18ClN3S/c1-17-16-27(12-11-18-5-3-2-4-6-18)23(28-17)13-22(20(14-25)15-26)19-7-9-21(24)10-8-19/h2-10,13H,1,11-12,16H2/b23-13-. The molecule has 0 atom stereocenters. The summed E-state index contributed by atoms with van der Waals surface area (Å²) in [5, 5.41) is 20.5. The fourth-order valence-corrected chi connectivity index (χ4v) is 4.06. The first kappa shape index (κ1) is 19.8. The lowest BCUT2D eigenvalue weighted by molar-refractivity contribution is 0.418. The van der Waals surface area contributed by atoms with Crippen LogP contribution in [-0.4, -0.2) is 18.0 Å². The number of thioether (sulfide) groups is 1. The van der Waals surface area contributed by atoms with Crippen molar-refractivity contribution in [2.75, 3.05) is 13.1 Å². The molecule has 3 nitrogen and oxygen atoms in total. The molecule has 0 amide bonds. The molecule has 2 aromatic rings. The maximum atomic E-state index is 9.43. The van der Waals surface area contributed by atoms with Crippen LogP contribution < -0.4 is 0 Å². The minimum absolute atomic E-state index is 0.0796. The molecule has 0 bridgehead atoms. The Morgan fingerprint density at radius 1 is 1.11 bits per heavy atom. The summed E-state index contributed by atoms with van der Waals surface area (Å²) in [5.41, 5.74) is 2.74. The number of nitrogens with zero attached hydrogens (tertiary/aromatic N) is 3.